The van der Waals surface area contributed by atoms with E-state index in [1.807, 2.05) is 60.7 Å². The van der Waals surface area contributed by atoms with Gasteiger partial charge >= 0.3 is 0 Å². The van der Waals surface area contributed by atoms with Crippen molar-refractivity contribution >= 4 is 5.91 Å². The molecule has 1 N–H and O–H groups in total. The zero-order chi connectivity index (χ0) is 21.1. The van der Waals surface area contributed by atoms with Gasteiger partial charge in [-0.3, -0.25) is 4.79 Å². The first-order valence-electron chi connectivity index (χ1n) is 10.0. The van der Waals surface area contributed by atoms with Crippen molar-refractivity contribution < 1.29 is 4.79 Å². The number of para-hydroxylation sites is 1. The number of hydrogen-bond donors (Lipinski definition) is 1. The maximum absolute atomic E-state index is 12.9. The summed E-state index contributed by atoms with van der Waals surface area (Å²) >= 11 is 0. The summed E-state index contributed by atoms with van der Waals surface area (Å²) in [5.41, 5.74) is 3.25. The third-order valence-corrected chi connectivity index (χ3v) is 4.57. The molecular formula is C24H30N4O. The van der Waals surface area contributed by atoms with Crippen molar-refractivity contribution in [2.75, 3.05) is 0 Å². The molecule has 0 saturated carbocycles. The maximum Gasteiger partial charge on any atom is 0.226 e. The Morgan fingerprint density at radius 2 is 1.52 bits per heavy atom. The van der Waals surface area contributed by atoms with Gasteiger partial charge in [0.05, 0.1) is 17.8 Å². The van der Waals surface area contributed by atoms with Gasteiger partial charge in [0.15, 0.2) is 0 Å². The van der Waals surface area contributed by atoms with Gasteiger partial charge in [0.1, 0.15) is 5.69 Å². The van der Waals surface area contributed by atoms with Gasteiger partial charge in [-0.2, -0.15) is 0 Å². The molecule has 3 aromatic rings. The van der Waals surface area contributed by atoms with Crippen LogP contribution in [-0.2, 0) is 11.2 Å². The fourth-order valence-corrected chi connectivity index (χ4v) is 4.01. The van der Waals surface area contributed by atoms with Crippen molar-refractivity contribution in [1.82, 2.24) is 20.3 Å². The normalized spacial score (nSPS) is 12.0. The van der Waals surface area contributed by atoms with Crippen LogP contribution in [0.25, 0.3) is 16.9 Å². The van der Waals surface area contributed by atoms with E-state index in [4.69, 9.17) is 0 Å². The minimum Gasteiger partial charge on any atom is -0.351 e. The summed E-state index contributed by atoms with van der Waals surface area (Å²) in [5, 5.41) is 11.9. The topological polar surface area (TPSA) is 59.8 Å². The quantitative estimate of drug-likeness (QED) is 0.657. The molecule has 1 aromatic heterocycles. The second-order valence-electron chi connectivity index (χ2n) is 9.34. The van der Waals surface area contributed by atoms with Crippen LogP contribution in [0, 0.1) is 5.41 Å². The Hall–Kier alpha value is -2.95. The summed E-state index contributed by atoms with van der Waals surface area (Å²) in [6.45, 7) is 10.7. The molecule has 3 rings (SSSR count). The highest BCUT2D eigenvalue weighted by atomic mass is 16.1. The molecular weight excluding hydrogens is 360 g/mol. The van der Waals surface area contributed by atoms with Crippen LogP contribution in [0.3, 0.4) is 0 Å². The standard InChI is InChI=1S/C24H30N4O/c1-23(2,3)17-24(4,5)25-21(29)16-20-22(18-12-8-6-9-13-18)28(27-26-20)19-14-10-7-11-15-19/h6-15H,16-17H2,1-5H3,(H,25,29). The molecule has 0 bridgehead atoms. The van der Waals surface area contributed by atoms with Crippen molar-refractivity contribution in [3.63, 3.8) is 0 Å². The minimum absolute atomic E-state index is 0.0449. The van der Waals surface area contributed by atoms with Crippen LogP contribution in [0.2, 0.25) is 0 Å². The summed E-state index contributed by atoms with van der Waals surface area (Å²) in [6, 6.07) is 19.8. The lowest BCUT2D eigenvalue weighted by Crippen LogP contribution is -2.46. The minimum atomic E-state index is -0.294. The molecule has 0 aliphatic rings. The molecule has 5 nitrogen and oxygen atoms in total. The summed E-state index contributed by atoms with van der Waals surface area (Å²) in [5.74, 6) is -0.0449. The zero-order valence-corrected chi connectivity index (χ0v) is 17.9. The van der Waals surface area contributed by atoms with Crippen LogP contribution in [0.5, 0.6) is 0 Å². The SMILES string of the molecule is CC(C)(C)CC(C)(C)NC(=O)Cc1nnn(-c2ccccc2)c1-c1ccccc1. The van der Waals surface area contributed by atoms with Gasteiger partial charge in [-0.25, -0.2) is 4.68 Å². The predicted molar refractivity (Wildman–Crippen MR) is 117 cm³/mol. The third-order valence-electron chi connectivity index (χ3n) is 4.57. The van der Waals surface area contributed by atoms with Crippen LogP contribution in [-0.4, -0.2) is 26.4 Å². The largest absolute Gasteiger partial charge is 0.351 e. The monoisotopic (exact) mass is 390 g/mol. The lowest BCUT2D eigenvalue weighted by atomic mass is 9.81. The predicted octanol–water partition coefficient (Wildman–Crippen LogP) is 4.81. The van der Waals surface area contributed by atoms with Crippen molar-refractivity contribution in [3.05, 3.63) is 66.4 Å². The smallest absolute Gasteiger partial charge is 0.226 e. The van der Waals surface area contributed by atoms with Crippen LogP contribution in [0.1, 0.15) is 46.7 Å². The molecule has 152 valence electrons. The van der Waals surface area contributed by atoms with Crippen LogP contribution in [0.15, 0.2) is 60.7 Å². The molecule has 0 aliphatic heterocycles. The molecule has 0 unspecified atom stereocenters. The van der Waals surface area contributed by atoms with Gasteiger partial charge in [0.25, 0.3) is 0 Å². The number of benzene rings is 2. The second kappa shape index (κ2) is 8.19. The van der Waals surface area contributed by atoms with Crippen LogP contribution < -0.4 is 5.32 Å². The van der Waals surface area contributed by atoms with E-state index in [1.54, 1.807) is 4.68 Å². The summed E-state index contributed by atoms with van der Waals surface area (Å²) < 4.78 is 1.80. The number of nitrogens with zero attached hydrogens (tertiary/aromatic N) is 3. The van der Waals surface area contributed by atoms with E-state index in [1.165, 1.54) is 0 Å². The zero-order valence-electron chi connectivity index (χ0n) is 17.9. The second-order valence-corrected chi connectivity index (χ2v) is 9.34. The van der Waals surface area contributed by atoms with E-state index in [2.05, 4.69) is 50.2 Å². The fraction of sp³-hybridized carbons (Fsp3) is 0.375. The Labute approximate surface area is 173 Å². The number of carbonyl (C=O) groups is 1. The Morgan fingerprint density at radius 1 is 0.931 bits per heavy atom. The van der Waals surface area contributed by atoms with E-state index < -0.39 is 0 Å². The van der Waals surface area contributed by atoms with Gasteiger partial charge in [-0.15, -0.1) is 5.10 Å². The van der Waals surface area contributed by atoms with Crippen molar-refractivity contribution in [2.45, 2.75) is 53.0 Å². The molecule has 0 saturated heterocycles. The van der Waals surface area contributed by atoms with E-state index in [-0.39, 0.29) is 23.3 Å². The number of aromatic nitrogens is 3. The van der Waals surface area contributed by atoms with Crippen molar-refractivity contribution in [3.8, 4) is 16.9 Å². The number of rotatable bonds is 6. The van der Waals surface area contributed by atoms with Crippen molar-refractivity contribution in [1.29, 1.82) is 0 Å². The van der Waals surface area contributed by atoms with Gasteiger partial charge in [0.2, 0.25) is 5.91 Å². The molecule has 1 amide bonds. The Morgan fingerprint density at radius 3 is 2.10 bits per heavy atom. The van der Waals surface area contributed by atoms with Crippen LogP contribution >= 0.6 is 0 Å². The molecule has 5 heteroatoms. The van der Waals surface area contributed by atoms with E-state index in [0.29, 0.717) is 5.69 Å². The molecule has 0 radical (unpaired) electrons. The van der Waals surface area contributed by atoms with Gasteiger partial charge in [0, 0.05) is 11.1 Å². The first kappa shape index (κ1) is 20.8. The molecule has 0 atom stereocenters. The fourth-order valence-electron chi connectivity index (χ4n) is 4.01. The molecule has 0 aliphatic carbocycles. The molecule has 1 heterocycles. The number of amides is 1. The average Bonchev–Trinajstić information content (AvgIpc) is 3.04. The Kier molecular flexibility index (Phi) is 5.87. The highest BCUT2D eigenvalue weighted by Gasteiger charge is 2.28. The van der Waals surface area contributed by atoms with E-state index >= 15 is 0 Å². The molecule has 29 heavy (non-hydrogen) atoms. The number of carbonyl (C=O) groups excluding carboxylic acids is 1. The van der Waals surface area contributed by atoms with Crippen molar-refractivity contribution in [2.24, 2.45) is 5.41 Å². The Bertz CT molecular complexity index is 954. The summed E-state index contributed by atoms with van der Waals surface area (Å²) in [7, 11) is 0. The summed E-state index contributed by atoms with van der Waals surface area (Å²) in [4.78, 5) is 12.9. The average molecular weight is 391 g/mol. The van der Waals surface area contributed by atoms with E-state index in [0.717, 1.165) is 23.4 Å². The van der Waals surface area contributed by atoms with Crippen LogP contribution in [0.4, 0.5) is 0 Å². The molecule has 0 spiro atoms. The lowest BCUT2D eigenvalue weighted by Gasteiger charge is -2.33. The van der Waals surface area contributed by atoms with Gasteiger partial charge in [-0.05, 0) is 37.8 Å². The van der Waals surface area contributed by atoms with E-state index in [9.17, 15) is 4.79 Å². The van der Waals surface area contributed by atoms with Gasteiger partial charge < -0.3 is 5.32 Å². The number of hydrogen-bond acceptors (Lipinski definition) is 3. The lowest BCUT2D eigenvalue weighted by molar-refractivity contribution is -0.122. The third kappa shape index (κ3) is 5.53. The molecule has 2 aromatic carbocycles. The highest BCUT2D eigenvalue weighted by molar-refractivity contribution is 5.81. The summed E-state index contributed by atoms with van der Waals surface area (Å²) in [6.07, 6.45) is 1.07. The highest BCUT2D eigenvalue weighted by Crippen LogP contribution is 2.28. The molecule has 0 fully saturated rings. The first-order chi connectivity index (χ1) is 13.6. The maximum atomic E-state index is 12.9. The Balaban J connectivity index is 1.90. The van der Waals surface area contributed by atoms with Gasteiger partial charge in [-0.1, -0.05) is 74.5 Å². The number of nitrogens with one attached hydrogen (secondary N) is 1. The first-order valence-corrected chi connectivity index (χ1v) is 10.0.